The molecule has 1 amide bonds. The van der Waals surface area contributed by atoms with E-state index in [-0.39, 0.29) is 17.3 Å². The fraction of sp³-hybridized carbons (Fsp3) is 0.571. The van der Waals surface area contributed by atoms with E-state index in [1.54, 1.807) is 7.05 Å². The summed E-state index contributed by atoms with van der Waals surface area (Å²) in [4.78, 5) is 17.5. The van der Waals surface area contributed by atoms with Crippen molar-refractivity contribution in [2.24, 2.45) is 0 Å². The lowest BCUT2D eigenvalue weighted by molar-refractivity contribution is 0.0705. The van der Waals surface area contributed by atoms with Crippen molar-refractivity contribution in [2.45, 2.75) is 20.3 Å². The van der Waals surface area contributed by atoms with Crippen molar-refractivity contribution in [3.05, 3.63) is 23.6 Å². The molecule has 0 spiro atoms. The summed E-state index contributed by atoms with van der Waals surface area (Å²) in [5.41, 5.74) is 0.0256. The van der Waals surface area contributed by atoms with Gasteiger partial charge < -0.3 is 15.0 Å². The van der Waals surface area contributed by atoms with Gasteiger partial charge in [0.25, 0.3) is 5.91 Å². The van der Waals surface area contributed by atoms with E-state index in [1.165, 1.54) is 17.2 Å². The molecule has 20 heavy (non-hydrogen) atoms. The highest BCUT2D eigenvalue weighted by molar-refractivity contribution is 5.95. The fourth-order valence-corrected chi connectivity index (χ4v) is 1.63. The highest BCUT2D eigenvalue weighted by atomic mass is 19.1. The van der Waals surface area contributed by atoms with Gasteiger partial charge in [0.15, 0.2) is 11.6 Å². The van der Waals surface area contributed by atoms with Crippen LogP contribution in [0.15, 0.2) is 12.3 Å². The predicted octanol–water partition coefficient (Wildman–Crippen LogP) is 2.15. The highest BCUT2D eigenvalue weighted by Crippen LogP contribution is 2.16. The zero-order chi connectivity index (χ0) is 15.0. The van der Waals surface area contributed by atoms with Crippen LogP contribution >= 0.6 is 0 Å². The largest absolute Gasteiger partial charge is 0.380 e. The number of amides is 1. The Hall–Kier alpha value is -1.69. The summed E-state index contributed by atoms with van der Waals surface area (Å²) in [5.74, 6) is -0.853. The van der Waals surface area contributed by atoms with Crippen LogP contribution < -0.4 is 5.32 Å². The molecule has 0 aliphatic heterocycles. The van der Waals surface area contributed by atoms with Gasteiger partial charge >= 0.3 is 0 Å². The SMILES string of the molecule is CCCNc1nccc(C(=O)N(C)CCOCC)c1F. The number of likely N-dealkylation sites (N-methyl/N-ethyl adjacent to an activating group) is 1. The Bertz CT molecular complexity index is 440. The van der Waals surface area contributed by atoms with Gasteiger partial charge in [-0.1, -0.05) is 6.92 Å². The summed E-state index contributed by atoms with van der Waals surface area (Å²) in [5, 5.41) is 2.87. The van der Waals surface area contributed by atoms with Gasteiger partial charge in [-0.25, -0.2) is 9.37 Å². The monoisotopic (exact) mass is 283 g/mol. The average molecular weight is 283 g/mol. The van der Waals surface area contributed by atoms with Crippen LogP contribution in [0.25, 0.3) is 0 Å². The molecule has 112 valence electrons. The van der Waals surface area contributed by atoms with E-state index in [4.69, 9.17) is 4.74 Å². The zero-order valence-electron chi connectivity index (χ0n) is 12.3. The Morgan fingerprint density at radius 3 is 2.90 bits per heavy atom. The minimum absolute atomic E-state index is 0.0256. The number of anilines is 1. The number of nitrogens with zero attached hydrogens (tertiary/aromatic N) is 2. The van der Waals surface area contributed by atoms with E-state index in [9.17, 15) is 9.18 Å². The lowest BCUT2D eigenvalue weighted by atomic mass is 10.2. The molecule has 0 saturated heterocycles. The van der Waals surface area contributed by atoms with Crippen molar-refractivity contribution in [1.29, 1.82) is 0 Å². The number of carbonyl (C=O) groups is 1. The average Bonchev–Trinajstić information content (AvgIpc) is 2.45. The molecule has 1 heterocycles. The predicted molar refractivity (Wildman–Crippen MR) is 76.4 cm³/mol. The van der Waals surface area contributed by atoms with E-state index in [0.717, 1.165) is 6.42 Å². The van der Waals surface area contributed by atoms with E-state index in [2.05, 4.69) is 10.3 Å². The van der Waals surface area contributed by atoms with Crippen LogP contribution in [0.1, 0.15) is 30.6 Å². The molecule has 0 radical (unpaired) electrons. The van der Waals surface area contributed by atoms with Crippen molar-refractivity contribution in [1.82, 2.24) is 9.88 Å². The lowest BCUT2D eigenvalue weighted by Crippen LogP contribution is -2.31. The second-order valence-corrected chi connectivity index (χ2v) is 4.37. The molecule has 1 aromatic rings. The van der Waals surface area contributed by atoms with Gasteiger partial charge in [0.1, 0.15) is 0 Å². The number of hydrogen-bond acceptors (Lipinski definition) is 4. The van der Waals surface area contributed by atoms with Gasteiger partial charge in [0.2, 0.25) is 0 Å². The number of rotatable bonds is 8. The van der Waals surface area contributed by atoms with Crippen molar-refractivity contribution >= 4 is 11.7 Å². The van der Waals surface area contributed by atoms with Gasteiger partial charge in [0.05, 0.1) is 12.2 Å². The molecule has 1 N–H and O–H groups in total. The Kier molecular flexibility index (Phi) is 6.93. The van der Waals surface area contributed by atoms with Crippen molar-refractivity contribution in [2.75, 3.05) is 38.7 Å². The number of hydrogen-bond donors (Lipinski definition) is 1. The molecule has 0 aliphatic carbocycles. The third kappa shape index (κ3) is 4.45. The molecule has 0 bridgehead atoms. The Labute approximate surface area is 119 Å². The minimum atomic E-state index is -0.603. The number of ether oxygens (including phenoxy) is 1. The smallest absolute Gasteiger partial charge is 0.256 e. The molecule has 6 heteroatoms. The van der Waals surface area contributed by atoms with Crippen molar-refractivity contribution in [3.63, 3.8) is 0 Å². The van der Waals surface area contributed by atoms with Crippen LogP contribution in [0.5, 0.6) is 0 Å². The van der Waals surface area contributed by atoms with E-state index >= 15 is 0 Å². The van der Waals surface area contributed by atoms with E-state index < -0.39 is 5.82 Å². The van der Waals surface area contributed by atoms with Crippen LogP contribution in [0.3, 0.4) is 0 Å². The molecule has 0 unspecified atom stereocenters. The van der Waals surface area contributed by atoms with Gasteiger partial charge in [-0.05, 0) is 19.4 Å². The van der Waals surface area contributed by atoms with Crippen LogP contribution in [0.2, 0.25) is 0 Å². The standard InChI is InChI=1S/C14H22FN3O2/c1-4-7-16-13-12(15)11(6-8-17-13)14(19)18(3)9-10-20-5-2/h6,8H,4-5,7,9-10H2,1-3H3,(H,16,17). The quantitative estimate of drug-likeness (QED) is 0.743. The minimum Gasteiger partial charge on any atom is -0.380 e. The third-order valence-corrected chi connectivity index (χ3v) is 2.78. The number of halogens is 1. The number of aromatic nitrogens is 1. The summed E-state index contributed by atoms with van der Waals surface area (Å²) in [6, 6.07) is 1.39. The maximum atomic E-state index is 14.2. The molecule has 5 nitrogen and oxygen atoms in total. The molecule has 0 atom stereocenters. The van der Waals surface area contributed by atoms with E-state index in [0.29, 0.717) is 26.3 Å². The van der Waals surface area contributed by atoms with Crippen LogP contribution in [-0.4, -0.2) is 49.1 Å². The maximum absolute atomic E-state index is 14.2. The zero-order valence-corrected chi connectivity index (χ0v) is 12.3. The molecule has 0 aliphatic rings. The second kappa shape index (κ2) is 8.47. The topological polar surface area (TPSA) is 54.5 Å². The first-order chi connectivity index (χ1) is 9.61. The summed E-state index contributed by atoms with van der Waals surface area (Å²) >= 11 is 0. The van der Waals surface area contributed by atoms with Gasteiger partial charge in [-0.3, -0.25) is 4.79 Å². The molecular formula is C14H22FN3O2. The van der Waals surface area contributed by atoms with Gasteiger partial charge in [-0.15, -0.1) is 0 Å². The molecule has 1 rings (SSSR count). The number of carbonyl (C=O) groups excluding carboxylic acids is 1. The molecular weight excluding hydrogens is 261 g/mol. The first kappa shape index (κ1) is 16.4. The Balaban J connectivity index is 2.76. The van der Waals surface area contributed by atoms with Crippen LogP contribution in [0.4, 0.5) is 10.2 Å². The van der Waals surface area contributed by atoms with Crippen LogP contribution in [0, 0.1) is 5.82 Å². The van der Waals surface area contributed by atoms with Crippen molar-refractivity contribution in [3.8, 4) is 0 Å². The number of pyridine rings is 1. The summed E-state index contributed by atoms with van der Waals surface area (Å²) < 4.78 is 19.4. The fourth-order valence-electron chi connectivity index (χ4n) is 1.63. The molecule has 0 fully saturated rings. The van der Waals surface area contributed by atoms with Crippen molar-refractivity contribution < 1.29 is 13.9 Å². The van der Waals surface area contributed by atoms with E-state index in [1.807, 2.05) is 13.8 Å². The number of nitrogens with one attached hydrogen (secondary N) is 1. The first-order valence-corrected chi connectivity index (χ1v) is 6.83. The maximum Gasteiger partial charge on any atom is 0.256 e. The van der Waals surface area contributed by atoms with Gasteiger partial charge in [0, 0.05) is 32.9 Å². The summed E-state index contributed by atoms with van der Waals surface area (Å²) in [6.45, 7) is 5.93. The lowest BCUT2D eigenvalue weighted by Gasteiger charge is -2.18. The molecule has 0 saturated carbocycles. The molecule has 0 aromatic carbocycles. The third-order valence-electron chi connectivity index (χ3n) is 2.78. The second-order valence-electron chi connectivity index (χ2n) is 4.37. The molecule has 1 aromatic heterocycles. The summed E-state index contributed by atoms with van der Waals surface area (Å²) in [6.07, 6.45) is 2.29. The first-order valence-electron chi connectivity index (χ1n) is 6.83. The Morgan fingerprint density at radius 1 is 1.50 bits per heavy atom. The van der Waals surface area contributed by atoms with Crippen LogP contribution in [-0.2, 0) is 4.74 Å². The van der Waals surface area contributed by atoms with Gasteiger partial charge in [-0.2, -0.15) is 0 Å². The summed E-state index contributed by atoms with van der Waals surface area (Å²) in [7, 11) is 1.63. The Morgan fingerprint density at radius 2 is 2.25 bits per heavy atom. The highest BCUT2D eigenvalue weighted by Gasteiger charge is 2.19. The normalized spacial score (nSPS) is 10.4.